The van der Waals surface area contributed by atoms with Gasteiger partial charge in [0.05, 0.1) is 24.6 Å². The molecule has 0 spiro atoms. The Morgan fingerprint density at radius 1 is 1.05 bits per heavy atom. The molecule has 6 rings (SSSR count). The van der Waals surface area contributed by atoms with Crippen LogP contribution >= 0.6 is 23.2 Å². The number of imide groups is 2. The number of halogens is 3. The summed E-state index contributed by atoms with van der Waals surface area (Å²) in [5.41, 5.74) is 0.910. The molecule has 1 saturated carbocycles. The van der Waals surface area contributed by atoms with Gasteiger partial charge in [-0.15, -0.1) is 23.2 Å². The third-order valence-electron chi connectivity index (χ3n) is 9.29. The van der Waals surface area contributed by atoms with Crippen molar-refractivity contribution in [2.24, 2.45) is 17.8 Å². The number of hydrogen-bond acceptors (Lipinski definition) is 7. The van der Waals surface area contributed by atoms with Crippen molar-refractivity contribution >= 4 is 58.5 Å². The molecule has 230 valence electrons. The van der Waals surface area contributed by atoms with Gasteiger partial charge in [0.2, 0.25) is 11.8 Å². The predicted octanol–water partition coefficient (Wildman–Crippen LogP) is 3.97. The SMILES string of the molecule is COc1cc(O)ccc1[C@H]1C2=CC[C@@H]3C(=O)N(CCCC(=O)O)C(=O)[C@@H]3[C@@H]2C[C@@]2(Cl)C(=O)N(c3ccc(F)cc3)C(=O)[C@@]12Cl. The quantitative estimate of drug-likeness (QED) is 0.262. The van der Waals surface area contributed by atoms with Crippen molar-refractivity contribution in [2.45, 2.75) is 41.3 Å². The predicted molar refractivity (Wildman–Crippen MR) is 155 cm³/mol. The van der Waals surface area contributed by atoms with Gasteiger partial charge < -0.3 is 14.9 Å². The van der Waals surface area contributed by atoms with Gasteiger partial charge in [0.25, 0.3) is 11.8 Å². The number of carbonyl (C=O) groups is 5. The minimum atomic E-state index is -2.15. The minimum absolute atomic E-state index is 0.0545. The van der Waals surface area contributed by atoms with E-state index < -0.39 is 68.8 Å². The number of hydrogen-bond donors (Lipinski definition) is 2. The van der Waals surface area contributed by atoms with Crippen LogP contribution in [0.1, 0.15) is 37.2 Å². The van der Waals surface area contributed by atoms with Gasteiger partial charge in [-0.3, -0.25) is 28.9 Å². The molecule has 0 radical (unpaired) electrons. The van der Waals surface area contributed by atoms with Crippen LogP contribution in [0, 0.1) is 23.6 Å². The van der Waals surface area contributed by atoms with Gasteiger partial charge in [-0.25, -0.2) is 9.29 Å². The Labute approximate surface area is 261 Å². The summed E-state index contributed by atoms with van der Waals surface area (Å²) >= 11 is 14.6. The molecule has 0 unspecified atom stereocenters. The molecule has 44 heavy (non-hydrogen) atoms. The molecule has 0 aromatic heterocycles. The van der Waals surface area contributed by atoms with Crippen LogP contribution in [-0.4, -0.2) is 68.1 Å². The smallest absolute Gasteiger partial charge is 0.303 e. The van der Waals surface area contributed by atoms with Gasteiger partial charge in [0.1, 0.15) is 17.3 Å². The average Bonchev–Trinajstić information content (AvgIpc) is 3.31. The van der Waals surface area contributed by atoms with E-state index >= 15 is 0 Å². The number of rotatable bonds is 7. The monoisotopic (exact) mass is 644 g/mol. The maximum absolute atomic E-state index is 14.4. The third kappa shape index (κ3) is 4.16. The van der Waals surface area contributed by atoms with Crippen LogP contribution in [0.5, 0.6) is 11.5 Å². The topological polar surface area (TPSA) is 142 Å². The first-order valence-corrected chi connectivity index (χ1v) is 14.8. The summed E-state index contributed by atoms with van der Waals surface area (Å²) in [6.07, 6.45) is 1.49. The average molecular weight is 645 g/mol. The molecule has 2 N–H and O–H groups in total. The summed E-state index contributed by atoms with van der Waals surface area (Å²) in [6, 6.07) is 8.91. The number of benzene rings is 2. The lowest BCUT2D eigenvalue weighted by Crippen LogP contribution is -2.60. The Morgan fingerprint density at radius 2 is 1.75 bits per heavy atom. The van der Waals surface area contributed by atoms with Gasteiger partial charge in [0, 0.05) is 30.5 Å². The second kappa shape index (κ2) is 10.6. The summed E-state index contributed by atoms with van der Waals surface area (Å²) in [5.74, 6) is -7.91. The lowest BCUT2D eigenvalue weighted by molar-refractivity contribution is -0.142. The summed E-state index contributed by atoms with van der Waals surface area (Å²) in [7, 11) is 1.36. The molecule has 2 aliphatic heterocycles. The molecule has 10 nitrogen and oxygen atoms in total. The third-order valence-corrected chi connectivity index (χ3v) is 10.7. The number of fused-ring (bicyclic) bond motifs is 4. The van der Waals surface area contributed by atoms with Crippen LogP contribution in [-0.2, 0) is 24.0 Å². The van der Waals surface area contributed by atoms with E-state index in [1.165, 1.54) is 37.4 Å². The summed E-state index contributed by atoms with van der Waals surface area (Å²) in [5, 5.41) is 19.2. The van der Waals surface area contributed by atoms with E-state index in [-0.39, 0.29) is 49.4 Å². The van der Waals surface area contributed by atoms with Crippen LogP contribution in [0.4, 0.5) is 10.1 Å². The Hall–Kier alpha value is -3.96. The van der Waals surface area contributed by atoms with Crippen molar-refractivity contribution in [1.29, 1.82) is 0 Å². The van der Waals surface area contributed by atoms with Crippen molar-refractivity contribution in [3.8, 4) is 11.5 Å². The maximum atomic E-state index is 14.4. The molecule has 4 aliphatic rings. The summed E-state index contributed by atoms with van der Waals surface area (Å²) < 4.78 is 19.3. The lowest BCUT2D eigenvalue weighted by atomic mass is 9.56. The normalized spacial score (nSPS) is 31.0. The molecule has 4 amide bonds. The molecular formula is C31H27Cl2FN2O8. The first-order valence-electron chi connectivity index (χ1n) is 14.0. The van der Waals surface area contributed by atoms with Crippen molar-refractivity contribution in [2.75, 3.05) is 18.6 Å². The molecular weight excluding hydrogens is 618 g/mol. The Balaban J connectivity index is 1.51. The number of ether oxygens (including phenoxy) is 1. The van der Waals surface area contributed by atoms with Gasteiger partial charge in [0.15, 0.2) is 9.75 Å². The number of phenolic OH excluding ortho intramolecular Hbond substituents is 1. The van der Waals surface area contributed by atoms with Crippen LogP contribution in [0.25, 0.3) is 0 Å². The lowest BCUT2D eigenvalue weighted by Gasteiger charge is -2.50. The molecule has 2 saturated heterocycles. The fourth-order valence-electron chi connectivity index (χ4n) is 7.36. The van der Waals surface area contributed by atoms with Crippen molar-refractivity contribution in [3.05, 3.63) is 65.5 Å². The number of alkyl halides is 2. The molecule has 2 aromatic rings. The van der Waals surface area contributed by atoms with Gasteiger partial charge in [-0.05, 0) is 55.5 Å². The highest BCUT2D eigenvalue weighted by molar-refractivity contribution is 6.58. The van der Waals surface area contributed by atoms with Crippen LogP contribution in [0.15, 0.2) is 54.1 Å². The number of aromatic hydroxyl groups is 1. The molecule has 6 atom stereocenters. The molecule has 0 bridgehead atoms. The van der Waals surface area contributed by atoms with Crippen LogP contribution in [0.2, 0.25) is 0 Å². The summed E-state index contributed by atoms with van der Waals surface area (Å²) in [4.78, 5) is 64.5. The van der Waals surface area contributed by atoms with Crippen LogP contribution in [0.3, 0.4) is 0 Å². The molecule has 2 aromatic carbocycles. The first kappa shape index (κ1) is 30.1. The summed E-state index contributed by atoms with van der Waals surface area (Å²) in [6.45, 7) is -0.0740. The van der Waals surface area contributed by atoms with Crippen LogP contribution < -0.4 is 9.64 Å². The Kier molecular flexibility index (Phi) is 7.24. The van der Waals surface area contributed by atoms with E-state index in [4.69, 9.17) is 33.0 Å². The fraction of sp³-hybridized carbons (Fsp3) is 0.387. The second-order valence-electron chi connectivity index (χ2n) is 11.5. The van der Waals surface area contributed by atoms with Crippen molar-refractivity contribution in [3.63, 3.8) is 0 Å². The van der Waals surface area contributed by atoms with Gasteiger partial charge in [-0.1, -0.05) is 17.7 Å². The highest BCUT2D eigenvalue weighted by atomic mass is 35.5. The molecule has 2 heterocycles. The van der Waals surface area contributed by atoms with Crippen molar-refractivity contribution in [1.82, 2.24) is 4.90 Å². The number of allylic oxidation sites excluding steroid dienone is 2. The van der Waals surface area contributed by atoms with E-state index in [2.05, 4.69) is 0 Å². The van der Waals surface area contributed by atoms with E-state index in [1.54, 1.807) is 6.08 Å². The standard InChI is InChI=1S/C31H27Cl2FN2O8/c1-44-22-13-17(37)8-9-19(22)25-18-10-11-20-24(27(41)35(26(20)40)12-2-3-23(38)39)21(18)14-30(32)28(42)36(29(43)31(25,30)33)16-6-4-15(34)5-7-16/h4-10,13,20-21,24-25,37H,2-3,11-12,14H2,1H3,(H,38,39)/t20-,21+,24-,25+,30+,31-/m0/s1. The van der Waals surface area contributed by atoms with Gasteiger partial charge in [-0.2, -0.15) is 0 Å². The highest BCUT2D eigenvalue weighted by Crippen LogP contribution is 2.66. The number of carboxylic acids is 1. The Morgan fingerprint density at radius 3 is 2.41 bits per heavy atom. The molecule has 13 heteroatoms. The molecule has 3 fully saturated rings. The maximum Gasteiger partial charge on any atom is 0.303 e. The van der Waals surface area contributed by atoms with Crippen molar-refractivity contribution < 1.29 is 43.3 Å². The van der Waals surface area contributed by atoms with E-state index in [1.807, 2.05) is 0 Å². The number of phenols is 1. The number of aliphatic carboxylic acids is 1. The first-order chi connectivity index (χ1) is 20.8. The number of carboxylic acid groups (broad SMARTS) is 1. The van der Waals surface area contributed by atoms with E-state index in [0.29, 0.717) is 11.1 Å². The number of methoxy groups -OCH3 is 1. The minimum Gasteiger partial charge on any atom is -0.508 e. The van der Waals surface area contributed by atoms with Gasteiger partial charge >= 0.3 is 5.97 Å². The fourth-order valence-corrected chi connectivity index (χ4v) is 8.28. The number of carbonyl (C=O) groups excluding carboxylic acids is 4. The zero-order valence-corrected chi connectivity index (χ0v) is 24.8. The highest BCUT2D eigenvalue weighted by Gasteiger charge is 2.76. The molecule has 2 aliphatic carbocycles. The van der Waals surface area contributed by atoms with E-state index in [0.717, 1.165) is 21.9 Å². The second-order valence-corrected chi connectivity index (χ2v) is 12.7. The zero-order valence-electron chi connectivity index (χ0n) is 23.3. The number of nitrogens with zero attached hydrogens (tertiary/aromatic N) is 2. The number of likely N-dealkylation sites (tertiary alicyclic amines) is 1. The largest absolute Gasteiger partial charge is 0.508 e. The van der Waals surface area contributed by atoms with E-state index in [9.17, 15) is 33.5 Å². The zero-order chi connectivity index (χ0) is 31.7. The number of amides is 4. The Bertz CT molecular complexity index is 1650. The number of anilines is 1.